The molecule has 1 aliphatic heterocycles. The van der Waals surface area contributed by atoms with Gasteiger partial charge >= 0.3 is 0 Å². The third kappa shape index (κ3) is 5.18. The van der Waals surface area contributed by atoms with Crippen LogP contribution in [0.25, 0.3) is 11.4 Å². The molecule has 5 nitrogen and oxygen atoms in total. The number of likely N-dealkylation sites (tertiary alicyclic amines) is 1. The Morgan fingerprint density at radius 2 is 2.12 bits per heavy atom. The molecule has 1 fully saturated rings. The van der Waals surface area contributed by atoms with Crippen LogP contribution >= 0.6 is 24.0 Å². The molecule has 1 saturated heterocycles. The van der Waals surface area contributed by atoms with Gasteiger partial charge in [0, 0.05) is 10.6 Å². The first-order valence-electron chi connectivity index (χ1n) is 8.20. The second kappa shape index (κ2) is 9.37. The number of aromatic nitrogens is 2. The summed E-state index contributed by atoms with van der Waals surface area (Å²) in [6.07, 6.45) is 3.76. The zero-order valence-electron chi connectivity index (χ0n) is 13.9. The standard InChI is InChI=1S/C17H23ClN4O.ClH/c1-19-8-5-13-6-9-22(10-7-13)12-16-20-17(21-23-16)14-3-2-4-15(18)11-14;/h2-4,11,13,19H,5-10,12H2,1H3;1H. The summed E-state index contributed by atoms with van der Waals surface area (Å²) in [5.74, 6) is 2.11. The summed E-state index contributed by atoms with van der Waals surface area (Å²) >= 11 is 6.01. The van der Waals surface area contributed by atoms with Crippen molar-refractivity contribution in [2.75, 3.05) is 26.7 Å². The lowest BCUT2D eigenvalue weighted by atomic mass is 9.93. The predicted octanol–water partition coefficient (Wildman–Crippen LogP) is 3.63. The Kier molecular flexibility index (Phi) is 7.49. The summed E-state index contributed by atoms with van der Waals surface area (Å²) in [6, 6.07) is 7.52. The minimum absolute atomic E-state index is 0. The van der Waals surface area contributed by atoms with E-state index in [0.29, 0.717) is 16.7 Å². The highest BCUT2D eigenvalue weighted by Crippen LogP contribution is 2.23. The molecule has 24 heavy (non-hydrogen) atoms. The van der Waals surface area contributed by atoms with Crippen LogP contribution in [0.15, 0.2) is 28.8 Å². The first-order chi connectivity index (χ1) is 11.2. The number of nitrogens with one attached hydrogen (secondary N) is 1. The van der Waals surface area contributed by atoms with Gasteiger partial charge in [0.1, 0.15) is 0 Å². The zero-order chi connectivity index (χ0) is 16.1. The molecule has 2 heterocycles. The first-order valence-corrected chi connectivity index (χ1v) is 8.58. The third-order valence-corrected chi connectivity index (χ3v) is 4.65. The van der Waals surface area contributed by atoms with Crippen LogP contribution < -0.4 is 5.32 Å². The molecule has 0 radical (unpaired) electrons. The summed E-state index contributed by atoms with van der Waals surface area (Å²) in [7, 11) is 2.02. The molecule has 0 saturated carbocycles. The van der Waals surface area contributed by atoms with Gasteiger partial charge in [-0.05, 0) is 64.0 Å². The van der Waals surface area contributed by atoms with Crippen LogP contribution in [0.3, 0.4) is 0 Å². The Balaban J connectivity index is 0.00000208. The van der Waals surface area contributed by atoms with E-state index in [2.05, 4.69) is 20.4 Å². The topological polar surface area (TPSA) is 54.2 Å². The molecular formula is C17H24Cl2N4O. The minimum atomic E-state index is 0. The molecule has 1 aliphatic rings. The van der Waals surface area contributed by atoms with E-state index in [0.717, 1.165) is 37.7 Å². The Hall–Kier alpha value is -1.14. The molecule has 0 aliphatic carbocycles. The molecule has 2 aromatic rings. The second-order valence-electron chi connectivity index (χ2n) is 6.13. The average molecular weight is 371 g/mol. The number of benzene rings is 1. The molecule has 7 heteroatoms. The van der Waals surface area contributed by atoms with Crippen molar-refractivity contribution >= 4 is 24.0 Å². The van der Waals surface area contributed by atoms with Gasteiger partial charge in [0.25, 0.3) is 0 Å². The highest BCUT2D eigenvalue weighted by molar-refractivity contribution is 6.30. The Morgan fingerprint density at radius 3 is 2.83 bits per heavy atom. The van der Waals surface area contributed by atoms with Crippen LogP contribution in [0.5, 0.6) is 0 Å². The molecular weight excluding hydrogens is 347 g/mol. The molecule has 0 bridgehead atoms. The van der Waals surface area contributed by atoms with Crippen molar-refractivity contribution in [2.24, 2.45) is 5.92 Å². The maximum atomic E-state index is 6.01. The quantitative estimate of drug-likeness (QED) is 0.840. The van der Waals surface area contributed by atoms with Crippen molar-refractivity contribution in [2.45, 2.75) is 25.8 Å². The van der Waals surface area contributed by atoms with E-state index < -0.39 is 0 Å². The van der Waals surface area contributed by atoms with Gasteiger partial charge in [-0.15, -0.1) is 12.4 Å². The maximum absolute atomic E-state index is 6.01. The van der Waals surface area contributed by atoms with Crippen LogP contribution in [-0.2, 0) is 6.54 Å². The van der Waals surface area contributed by atoms with Crippen molar-refractivity contribution in [1.82, 2.24) is 20.4 Å². The Morgan fingerprint density at radius 1 is 1.33 bits per heavy atom. The number of hydrogen-bond donors (Lipinski definition) is 1. The van der Waals surface area contributed by atoms with E-state index in [1.54, 1.807) is 0 Å². The van der Waals surface area contributed by atoms with E-state index in [9.17, 15) is 0 Å². The summed E-state index contributed by atoms with van der Waals surface area (Å²) in [4.78, 5) is 6.89. The van der Waals surface area contributed by atoms with Crippen molar-refractivity contribution < 1.29 is 4.52 Å². The van der Waals surface area contributed by atoms with E-state index in [-0.39, 0.29) is 12.4 Å². The van der Waals surface area contributed by atoms with Crippen LogP contribution in [0.2, 0.25) is 5.02 Å². The van der Waals surface area contributed by atoms with Gasteiger partial charge in [0.05, 0.1) is 6.54 Å². The second-order valence-corrected chi connectivity index (χ2v) is 6.57. The highest BCUT2D eigenvalue weighted by atomic mass is 35.5. The van der Waals surface area contributed by atoms with E-state index in [1.807, 2.05) is 31.3 Å². The molecule has 0 atom stereocenters. The van der Waals surface area contributed by atoms with Gasteiger partial charge in [-0.2, -0.15) is 4.98 Å². The fourth-order valence-electron chi connectivity index (χ4n) is 3.04. The largest absolute Gasteiger partial charge is 0.338 e. The molecule has 0 spiro atoms. The zero-order valence-corrected chi connectivity index (χ0v) is 15.4. The lowest BCUT2D eigenvalue weighted by molar-refractivity contribution is 0.155. The summed E-state index contributed by atoms with van der Waals surface area (Å²) in [5, 5.41) is 7.98. The molecule has 0 unspecified atom stereocenters. The van der Waals surface area contributed by atoms with Gasteiger partial charge in [-0.1, -0.05) is 28.9 Å². The normalized spacial score (nSPS) is 16.1. The van der Waals surface area contributed by atoms with Gasteiger partial charge in [0.2, 0.25) is 11.7 Å². The molecule has 132 valence electrons. The number of piperidine rings is 1. The van der Waals surface area contributed by atoms with E-state index in [4.69, 9.17) is 16.1 Å². The monoisotopic (exact) mass is 370 g/mol. The fraction of sp³-hybridized carbons (Fsp3) is 0.529. The number of hydrogen-bond acceptors (Lipinski definition) is 5. The Bertz CT molecular complexity index is 627. The number of nitrogens with zero attached hydrogens (tertiary/aromatic N) is 3. The molecule has 1 aromatic heterocycles. The van der Waals surface area contributed by atoms with Crippen molar-refractivity contribution in [3.05, 3.63) is 35.2 Å². The SMILES string of the molecule is CNCCC1CCN(Cc2nc(-c3cccc(Cl)c3)no2)CC1.Cl. The van der Waals surface area contributed by atoms with Crippen molar-refractivity contribution in [3.63, 3.8) is 0 Å². The van der Waals surface area contributed by atoms with Crippen LogP contribution in [0, 0.1) is 5.92 Å². The van der Waals surface area contributed by atoms with E-state index >= 15 is 0 Å². The number of rotatable bonds is 6. The van der Waals surface area contributed by atoms with Crippen molar-refractivity contribution in [1.29, 1.82) is 0 Å². The van der Waals surface area contributed by atoms with Crippen LogP contribution in [-0.4, -0.2) is 41.7 Å². The average Bonchev–Trinajstić information content (AvgIpc) is 3.03. The van der Waals surface area contributed by atoms with Gasteiger partial charge in [-0.25, -0.2) is 0 Å². The lowest BCUT2D eigenvalue weighted by Gasteiger charge is -2.30. The molecule has 3 rings (SSSR count). The summed E-state index contributed by atoms with van der Waals surface area (Å²) in [6.45, 7) is 4.04. The lowest BCUT2D eigenvalue weighted by Crippen LogP contribution is -2.34. The molecule has 1 N–H and O–H groups in total. The number of halogens is 2. The van der Waals surface area contributed by atoms with Crippen molar-refractivity contribution in [3.8, 4) is 11.4 Å². The highest BCUT2D eigenvalue weighted by Gasteiger charge is 2.20. The van der Waals surface area contributed by atoms with Gasteiger partial charge in [-0.3, -0.25) is 4.90 Å². The fourth-order valence-corrected chi connectivity index (χ4v) is 3.23. The third-order valence-electron chi connectivity index (χ3n) is 4.42. The predicted molar refractivity (Wildman–Crippen MR) is 98.5 cm³/mol. The summed E-state index contributed by atoms with van der Waals surface area (Å²) < 4.78 is 5.40. The van der Waals surface area contributed by atoms with Gasteiger partial charge < -0.3 is 9.84 Å². The Labute approximate surface area is 154 Å². The van der Waals surface area contributed by atoms with Gasteiger partial charge in [0.15, 0.2) is 0 Å². The van der Waals surface area contributed by atoms with E-state index in [1.165, 1.54) is 19.3 Å². The molecule has 0 amide bonds. The smallest absolute Gasteiger partial charge is 0.241 e. The minimum Gasteiger partial charge on any atom is -0.338 e. The first kappa shape index (κ1) is 19.2. The van der Waals surface area contributed by atoms with Crippen LogP contribution in [0.1, 0.15) is 25.2 Å². The molecule has 1 aromatic carbocycles. The van der Waals surface area contributed by atoms with Crippen LogP contribution in [0.4, 0.5) is 0 Å². The maximum Gasteiger partial charge on any atom is 0.241 e. The summed E-state index contributed by atoms with van der Waals surface area (Å²) in [5.41, 5.74) is 0.887.